The number of amides is 3. The highest BCUT2D eigenvalue weighted by molar-refractivity contribution is 6.72. The number of hydrogen-bond acceptors (Lipinski definition) is 6. The van der Waals surface area contributed by atoms with E-state index >= 15 is 4.11 Å². The lowest BCUT2D eigenvalue weighted by atomic mass is 9.82. The van der Waals surface area contributed by atoms with Gasteiger partial charge in [0.05, 0.1) is 44.0 Å². The molecule has 12 heteroatoms. The number of aliphatic hydroxyl groups is 1. The van der Waals surface area contributed by atoms with Crippen LogP contribution in [-0.2, 0) is 44.2 Å². The van der Waals surface area contributed by atoms with Crippen molar-refractivity contribution in [2.45, 2.75) is 69.2 Å². The van der Waals surface area contributed by atoms with Gasteiger partial charge in [-0.2, -0.15) is 0 Å². The van der Waals surface area contributed by atoms with Crippen LogP contribution in [0.15, 0.2) is 66.7 Å². The molecule has 3 amide bonds. The molecule has 5 atom stereocenters. The molecule has 2 N–H and O–H groups in total. The number of nitrogens with zero attached hydrogens (tertiary/aromatic N) is 3. The second-order valence-corrected chi connectivity index (χ2v) is 18.5. The molecule has 9 nitrogen and oxygen atoms in total. The number of hydrogen-bond donors (Lipinski definition) is 2. The maximum Gasteiger partial charge on any atom is 0.264 e. The van der Waals surface area contributed by atoms with Crippen molar-refractivity contribution in [3.63, 3.8) is 0 Å². The van der Waals surface area contributed by atoms with Gasteiger partial charge in [0, 0.05) is 47.4 Å². The van der Waals surface area contributed by atoms with E-state index in [1.807, 2.05) is 55.5 Å². The van der Waals surface area contributed by atoms with Crippen molar-refractivity contribution in [3.8, 4) is 0 Å². The fraction of sp³-hybridized carbons (Fsp3) is 0.432. The first-order chi connectivity index (χ1) is 23.4. The standard InChI is InChI=1S/C37H42ClFN4O5Si/c1-23-35(49(2,3)39)32(18-33(45)42-21-26-9-5-4-8-25(26)16-29(42)22-44)48-37(23)30-17-27(38)11-12-31(30)43(36(37)47)20-24-7-6-10-28(15-24)41-14-13-40-19-34(41)46/h4-12,15,17,23,29,32,35,40,44H,13-14,16,18-22H2,1-3H3/t23-,29+,32+,35-,37+/m1/s1. The molecule has 0 aliphatic carbocycles. The third-order valence-corrected chi connectivity index (χ3v) is 13.5. The van der Waals surface area contributed by atoms with Crippen LogP contribution in [-0.4, -0.2) is 74.5 Å². The first kappa shape index (κ1) is 33.9. The van der Waals surface area contributed by atoms with E-state index in [1.165, 1.54) is 0 Å². The Morgan fingerprint density at radius 3 is 2.61 bits per heavy atom. The van der Waals surface area contributed by atoms with Crippen LogP contribution in [0.4, 0.5) is 15.5 Å². The van der Waals surface area contributed by atoms with Crippen molar-refractivity contribution in [3.05, 3.63) is 94.0 Å². The number of anilines is 2. The van der Waals surface area contributed by atoms with E-state index in [9.17, 15) is 19.5 Å². The number of benzene rings is 3. The minimum absolute atomic E-state index is 0.0172. The molecule has 3 aromatic carbocycles. The fourth-order valence-electron chi connectivity index (χ4n) is 8.59. The molecule has 49 heavy (non-hydrogen) atoms. The molecule has 258 valence electrons. The van der Waals surface area contributed by atoms with Gasteiger partial charge in [-0.25, -0.2) is 0 Å². The normalized spacial score (nSPS) is 26.8. The second-order valence-electron chi connectivity index (χ2n) is 14.3. The zero-order chi connectivity index (χ0) is 34.7. The van der Waals surface area contributed by atoms with E-state index in [2.05, 4.69) is 5.32 Å². The smallest absolute Gasteiger partial charge is 0.264 e. The maximum absolute atomic E-state index is 16.4. The largest absolute Gasteiger partial charge is 0.394 e. The third kappa shape index (κ3) is 5.89. The first-order valence-electron chi connectivity index (χ1n) is 17.0. The number of piperazine rings is 1. The lowest BCUT2D eigenvalue weighted by Gasteiger charge is -2.37. The van der Waals surface area contributed by atoms with Crippen LogP contribution in [0.25, 0.3) is 0 Å². The Labute approximate surface area is 292 Å². The van der Waals surface area contributed by atoms with Crippen LogP contribution in [0.3, 0.4) is 0 Å². The number of aliphatic hydroxyl groups excluding tert-OH is 1. The molecule has 4 aliphatic rings. The number of halogens is 2. The van der Waals surface area contributed by atoms with Gasteiger partial charge in [-0.1, -0.05) is 54.9 Å². The highest BCUT2D eigenvalue weighted by atomic mass is 35.5. The average molecular weight is 705 g/mol. The molecular formula is C37H42ClFN4O5Si. The summed E-state index contributed by atoms with van der Waals surface area (Å²) in [5.41, 5.74) is 2.70. The number of rotatable bonds is 7. The van der Waals surface area contributed by atoms with Crippen LogP contribution < -0.4 is 15.1 Å². The van der Waals surface area contributed by atoms with Gasteiger partial charge in [0.25, 0.3) is 5.91 Å². The summed E-state index contributed by atoms with van der Waals surface area (Å²) in [4.78, 5) is 46.6. The Balaban J connectivity index is 1.21. The maximum atomic E-state index is 16.4. The van der Waals surface area contributed by atoms with Gasteiger partial charge in [-0.3, -0.25) is 14.4 Å². The number of ether oxygens (including phenoxy) is 1. The quantitative estimate of drug-likeness (QED) is 0.267. The first-order valence-corrected chi connectivity index (χ1v) is 20.3. The summed E-state index contributed by atoms with van der Waals surface area (Å²) in [6, 6.07) is 20.3. The Kier molecular flexibility index (Phi) is 8.94. The van der Waals surface area contributed by atoms with Gasteiger partial charge in [-0.15, -0.1) is 0 Å². The number of nitrogens with one attached hydrogen (secondary N) is 1. The van der Waals surface area contributed by atoms with Crippen LogP contribution in [0, 0.1) is 5.92 Å². The molecule has 7 rings (SSSR count). The van der Waals surface area contributed by atoms with Crippen molar-refractivity contribution < 1.29 is 28.3 Å². The molecule has 3 aromatic rings. The average Bonchev–Trinajstić information content (AvgIpc) is 3.50. The van der Waals surface area contributed by atoms with Gasteiger partial charge in [0.2, 0.25) is 20.2 Å². The van der Waals surface area contributed by atoms with E-state index in [-0.39, 0.29) is 43.8 Å². The molecular weight excluding hydrogens is 663 g/mol. The molecule has 0 unspecified atom stereocenters. The Hall–Kier alpha value is -3.61. The Bertz CT molecular complexity index is 1800. The lowest BCUT2D eigenvalue weighted by Crippen LogP contribution is -2.48. The van der Waals surface area contributed by atoms with E-state index in [0.29, 0.717) is 42.3 Å². The van der Waals surface area contributed by atoms with Gasteiger partial charge in [-0.05, 0) is 66.5 Å². The summed E-state index contributed by atoms with van der Waals surface area (Å²) in [6.45, 7) is 6.95. The van der Waals surface area contributed by atoms with Crippen LogP contribution in [0.5, 0.6) is 0 Å². The number of carbonyl (C=O) groups excluding carboxylic acids is 3. The predicted molar refractivity (Wildman–Crippen MR) is 189 cm³/mol. The van der Waals surface area contributed by atoms with Crippen molar-refractivity contribution >= 4 is 49.1 Å². The van der Waals surface area contributed by atoms with Gasteiger partial charge in [0.15, 0.2) is 5.60 Å². The van der Waals surface area contributed by atoms with Gasteiger partial charge >= 0.3 is 0 Å². The highest BCUT2D eigenvalue weighted by Crippen LogP contribution is 2.60. The number of carbonyl (C=O) groups is 3. The fourth-order valence-corrected chi connectivity index (χ4v) is 11.3. The highest BCUT2D eigenvalue weighted by Gasteiger charge is 2.67. The molecule has 2 fully saturated rings. The predicted octanol–water partition coefficient (Wildman–Crippen LogP) is 4.93. The summed E-state index contributed by atoms with van der Waals surface area (Å²) in [7, 11) is -3.53. The molecule has 1 spiro atoms. The molecule has 0 saturated carbocycles. The monoisotopic (exact) mass is 704 g/mol. The SMILES string of the molecule is C[C@@H]1[C@@H]([Si](C)(C)F)[C@H](CC(=O)N2Cc3ccccc3C[C@H]2CO)O[C@@]12C(=O)N(Cc1cccc(N3CCNCC3=O)c1)c1ccc(Cl)cc12. The zero-order valence-corrected chi connectivity index (χ0v) is 29.8. The minimum atomic E-state index is -3.53. The van der Waals surface area contributed by atoms with Crippen LogP contribution in [0.1, 0.15) is 35.6 Å². The van der Waals surface area contributed by atoms with Crippen molar-refractivity contribution in [1.29, 1.82) is 0 Å². The van der Waals surface area contributed by atoms with Crippen LogP contribution in [0.2, 0.25) is 23.7 Å². The molecule has 4 heterocycles. The topological polar surface area (TPSA) is 102 Å². The van der Waals surface area contributed by atoms with E-state index < -0.39 is 37.6 Å². The van der Waals surface area contributed by atoms with Crippen molar-refractivity contribution in [2.24, 2.45) is 5.92 Å². The summed E-state index contributed by atoms with van der Waals surface area (Å²) < 4.78 is 23.3. The van der Waals surface area contributed by atoms with Crippen molar-refractivity contribution in [2.75, 3.05) is 36.0 Å². The zero-order valence-electron chi connectivity index (χ0n) is 28.0. The molecule has 4 aliphatic heterocycles. The molecule has 0 radical (unpaired) electrons. The Morgan fingerprint density at radius 2 is 1.88 bits per heavy atom. The molecule has 0 aromatic heterocycles. The third-order valence-electron chi connectivity index (χ3n) is 10.8. The van der Waals surface area contributed by atoms with Gasteiger partial charge in [0.1, 0.15) is 0 Å². The molecule has 0 bridgehead atoms. The second kappa shape index (κ2) is 12.9. The Morgan fingerprint density at radius 1 is 1.10 bits per heavy atom. The molecule has 2 saturated heterocycles. The summed E-state index contributed by atoms with van der Waals surface area (Å²) in [5, 5.41) is 13.8. The summed E-state index contributed by atoms with van der Waals surface area (Å²) >= 11 is 6.55. The van der Waals surface area contributed by atoms with Crippen LogP contribution >= 0.6 is 11.6 Å². The summed E-state index contributed by atoms with van der Waals surface area (Å²) in [6.07, 6.45) is -0.441. The van der Waals surface area contributed by atoms with E-state index in [1.54, 1.807) is 46.0 Å². The number of fused-ring (bicyclic) bond motifs is 3. The lowest BCUT2D eigenvalue weighted by molar-refractivity contribution is -0.151. The van der Waals surface area contributed by atoms with Gasteiger partial charge < -0.3 is 34.0 Å². The summed E-state index contributed by atoms with van der Waals surface area (Å²) in [5.74, 6) is -1.16. The van der Waals surface area contributed by atoms with E-state index in [4.69, 9.17) is 16.3 Å². The van der Waals surface area contributed by atoms with E-state index in [0.717, 1.165) is 22.4 Å². The minimum Gasteiger partial charge on any atom is -0.394 e. The van der Waals surface area contributed by atoms with Crippen molar-refractivity contribution in [1.82, 2.24) is 10.2 Å².